The standard InChI is InChI=1S/C92H67N3OS/c1-3-23-64-42-47-73(48-43-64)93(70-26-11-6-12-27-70)76-56-69(57-77(59-76)94(71-28-13-7-14-29-71)74-49-44-66(45-50-74)62-96-61-65-40-38-63(4-2)39-41-65)68-46-53-86-82(58-68)83-60-75(51-54-87(83)92(86)84-35-20-17-32-79(84)80-33-18-21-36-85(80)92)95(72-30-15-8-16-31-72)88-55-52-78(67-24-9-5-10-25-67)91-90(88)81-34-19-22-37-89(81)97-91/h3-60H,2,61-62H2,1H3/b23-3+. The molecule has 17 rings (SSSR count). The van der Waals surface area contributed by atoms with Gasteiger partial charge in [-0.3, -0.25) is 0 Å². The Morgan fingerprint density at radius 3 is 1.42 bits per heavy atom. The first-order valence-electron chi connectivity index (χ1n) is 33.3. The summed E-state index contributed by atoms with van der Waals surface area (Å²) in [5.74, 6) is 0. The van der Waals surface area contributed by atoms with Crippen molar-refractivity contribution in [3.63, 3.8) is 0 Å². The first kappa shape index (κ1) is 58.9. The molecule has 15 aromatic rings. The van der Waals surface area contributed by atoms with Crippen LogP contribution < -0.4 is 14.7 Å². The number of anilines is 9. The van der Waals surface area contributed by atoms with E-state index in [0.29, 0.717) is 13.2 Å². The van der Waals surface area contributed by atoms with Gasteiger partial charge < -0.3 is 19.4 Å². The van der Waals surface area contributed by atoms with Crippen molar-refractivity contribution in [3.8, 4) is 44.5 Å². The lowest BCUT2D eigenvalue weighted by Crippen LogP contribution is -2.25. The van der Waals surface area contributed by atoms with Gasteiger partial charge in [0.1, 0.15) is 0 Å². The summed E-state index contributed by atoms with van der Waals surface area (Å²) < 4.78 is 8.87. The highest BCUT2D eigenvalue weighted by atomic mass is 32.1. The van der Waals surface area contributed by atoms with Gasteiger partial charge in [0.05, 0.1) is 24.3 Å². The molecular formula is C92H67N3OS. The molecule has 1 aromatic heterocycles. The van der Waals surface area contributed by atoms with E-state index < -0.39 is 5.41 Å². The number of para-hydroxylation sites is 3. The molecular weight excluding hydrogens is 1200 g/mol. The largest absolute Gasteiger partial charge is 0.372 e. The fourth-order valence-corrected chi connectivity index (χ4v) is 16.3. The van der Waals surface area contributed by atoms with Crippen LogP contribution in [0.4, 0.5) is 51.2 Å². The van der Waals surface area contributed by atoms with E-state index >= 15 is 0 Å². The lowest BCUT2D eigenvalue weighted by molar-refractivity contribution is 0.107. The van der Waals surface area contributed by atoms with Crippen LogP contribution in [-0.4, -0.2) is 0 Å². The van der Waals surface area contributed by atoms with Crippen molar-refractivity contribution >= 4 is 94.8 Å². The van der Waals surface area contributed by atoms with Gasteiger partial charge in [-0.25, -0.2) is 0 Å². The van der Waals surface area contributed by atoms with Crippen LogP contribution in [0.2, 0.25) is 0 Å². The van der Waals surface area contributed by atoms with Gasteiger partial charge in [0.15, 0.2) is 0 Å². The zero-order valence-electron chi connectivity index (χ0n) is 53.8. The predicted octanol–water partition coefficient (Wildman–Crippen LogP) is 25.5. The quantitative estimate of drug-likeness (QED) is 0.0904. The molecule has 0 aliphatic heterocycles. The number of hydrogen-bond acceptors (Lipinski definition) is 5. The number of allylic oxidation sites excluding steroid dienone is 1. The molecule has 462 valence electrons. The van der Waals surface area contributed by atoms with Gasteiger partial charge in [0.2, 0.25) is 0 Å². The minimum atomic E-state index is -0.588. The van der Waals surface area contributed by atoms with E-state index in [0.717, 1.165) is 84.6 Å². The van der Waals surface area contributed by atoms with Crippen molar-refractivity contribution in [2.24, 2.45) is 0 Å². The summed E-state index contributed by atoms with van der Waals surface area (Å²) >= 11 is 1.88. The smallest absolute Gasteiger partial charge is 0.0725 e. The summed E-state index contributed by atoms with van der Waals surface area (Å²) in [4.78, 5) is 7.29. The van der Waals surface area contributed by atoms with Crippen LogP contribution in [0.3, 0.4) is 0 Å². The van der Waals surface area contributed by atoms with Crippen molar-refractivity contribution < 1.29 is 4.74 Å². The van der Waals surface area contributed by atoms with Gasteiger partial charge in [-0.05, 0) is 205 Å². The van der Waals surface area contributed by atoms with Gasteiger partial charge in [-0.1, -0.05) is 249 Å². The predicted molar refractivity (Wildman–Crippen MR) is 410 cm³/mol. The summed E-state index contributed by atoms with van der Waals surface area (Å²) in [6.45, 7) is 6.99. The van der Waals surface area contributed by atoms with Crippen LogP contribution in [0.5, 0.6) is 0 Å². The molecule has 0 bridgehead atoms. The lowest BCUT2D eigenvalue weighted by Gasteiger charge is -2.31. The molecule has 5 heteroatoms. The second-order valence-corrected chi connectivity index (χ2v) is 26.1. The maximum absolute atomic E-state index is 6.33. The van der Waals surface area contributed by atoms with Gasteiger partial charge >= 0.3 is 0 Å². The highest BCUT2D eigenvalue weighted by Crippen LogP contribution is 2.64. The summed E-state index contributed by atoms with van der Waals surface area (Å²) in [5, 5.41) is 2.49. The SMILES string of the molecule is C=Cc1ccc(COCc2ccc(N(c3ccccc3)c3cc(-c4ccc5c(c4)-c4cc(N(c6ccccc6)c6ccc(-c7ccccc7)c7sc8ccccc8c67)ccc4C54c5ccccc5-c5ccccc54)cc(N(c4ccccc4)c4ccc(/C=C/C)cc4)c3)cc2)cc1. The molecule has 4 nitrogen and oxygen atoms in total. The van der Waals surface area contributed by atoms with E-state index in [2.05, 4.69) is 374 Å². The lowest BCUT2D eigenvalue weighted by atomic mass is 9.70. The summed E-state index contributed by atoms with van der Waals surface area (Å²) in [5.41, 5.74) is 28.1. The average molecular weight is 1260 g/mol. The zero-order chi connectivity index (χ0) is 64.8. The van der Waals surface area contributed by atoms with Crippen LogP contribution >= 0.6 is 11.3 Å². The zero-order valence-corrected chi connectivity index (χ0v) is 54.6. The number of rotatable bonds is 17. The third-order valence-corrected chi connectivity index (χ3v) is 20.6. The number of fused-ring (bicyclic) bond motifs is 13. The first-order valence-corrected chi connectivity index (χ1v) is 34.1. The number of nitrogens with zero attached hydrogens (tertiary/aromatic N) is 3. The van der Waals surface area contributed by atoms with E-state index in [9.17, 15) is 0 Å². The van der Waals surface area contributed by atoms with E-state index in [-0.39, 0.29) is 0 Å². The Labute approximate surface area is 571 Å². The second-order valence-electron chi connectivity index (χ2n) is 25.1. The molecule has 0 N–H and O–H groups in total. The highest BCUT2D eigenvalue weighted by Gasteiger charge is 2.52. The molecule has 0 unspecified atom stereocenters. The molecule has 0 saturated heterocycles. The molecule has 0 fully saturated rings. The summed E-state index contributed by atoms with van der Waals surface area (Å²) in [7, 11) is 0. The van der Waals surface area contributed by atoms with Gasteiger partial charge in [0.25, 0.3) is 0 Å². The second kappa shape index (κ2) is 25.1. The molecule has 1 spiro atoms. The highest BCUT2D eigenvalue weighted by molar-refractivity contribution is 7.26. The Balaban J connectivity index is 0.874. The van der Waals surface area contributed by atoms with E-state index in [1.807, 2.05) is 17.4 Å². The molecule has 0 saturated carbocycles. The van der Waals surface area contributed by atoms with E-state index in [1.165, 1.54) is 75.8 Å². The molecule has 1 heterocycles. The monoisotopic (exact) mass is 1260 g/mol. The van der Waals surface area contributed by atoms with Gasteiger partial charge in [-0.15, -0.1) is 11.3 Å². The van der Waals surface area contributed by atoms with E-state index in [1.54, 1.807) is 0 Å². The van der Waals surface area contributed by atoms with Crippen LogP contribution in [0.25, 0.3) is 76.8 Å². The minimum Gasteiger partial charge on any atom is -0.372 e. The minimum absolute atomic E-state index is 0.483. The Bertz CT molecular complexity index is 5410. The van der Waals surface area contributed by atoms with Crippen molar-refractivity contribution in [2.75, 3.05) is 14.7 Å². The number of thiophene rings is 1. The Kier molecular flexibility index (Phi) is 15.3. The van der Waals surface area contributed by atoms with E-state index in [4.69, 9.17) is 4.74 Å². The normalized spacial score (nSPS) is 12.4. The molecule has 2 aliphatic rings. The third-order valence-electron chi connectivity index (χ3n) is 19.4. The van der Waals surface area contributed by atoms with Crippen LogP contribution in [0.1, 0.15) is 51.4 Å². The van der Waals surface area contributed by atoms with Crippen LogP contribution in [0, 0.1) is 0 Å². The topological polar surface area (TPSA) is 19.0 Å². The molecule has 2 aliphatic carbocycles. The molecule has 0 radical (unpaired) electrons. The number of hydrogen-bond donors (Lipinski definition) is 0. The number of ether oxygens (including phenoxy) is 1. The fraction of sp³-hybridized carbons (Fsp3) is 0.0435. The first-order chi connectivity index (χ1) is 48.0. The van der Waals surface area contributed by atoms with Crippen molar-refractivity contribution in [1.82, 2.24) is 0 Å². The molecule has 14 aromatic carbocycles. The third kappa shape index (κ3) is 10.4. The van der Waals surface area contributed by atoms with Crippen LogP contribution in [-0.2, 0) is 23.4 Å². The summed E-state index contributed by atoms with van der Waals surface area (Å²) in [6, 6.07) is 123. The Morgan fingerprint density at radius 2 is 0.825 bits per heavy atom. The van der Waals surface area contributed by atoms with Crippen molar-refractivity contribution in [2.45, 2.75) is 25.6 Å². The molecule has 0 amide bonds. The fourth-order valence-electron chi connectivity index (χ4n) is 15.1. The van der Waals surface area contributed by atoms with Gasteiger partial charge in [0, 0.05) is 65.7 Å². The van der Waals surface area contributed by atoms with Crippen molar-refractivity contribution in [3.05, 3.63) is 391 Å². The average Bonchev–Trinajstić information content (AvgIpc) is 1.51. The van der Waals surface area contributed by atoms with Gasteiger partial charge in [-0.2, -0.15) is 0 Å². The van der Waals surface area contributed by atoms with Crippen molar-refractivity contribution in [1.29, 1.82) is 0 Å². The molecule has 97 heavy (non-hydrogen) atoms. The Hall–Kier alpha value is -11.9. The number of benzene rings is 14. The Morgan fingerprint density at radius 1 is 0.351 bits per heavy atom. The maximum Gasteiger partial charge on any atom is 0.0725 e. The summed E-state index contributed by atoms with van der Waals surface area (Å²) in [6.07, 6.45) is 6.11. The molecule has 0 atom stereocenters. The maximum atomic E-state index is 6.33. The van der Waals surface area contributed by atoms with Crippen LogP contribution in [0.15, 0.2) is 346 Å².